The minimum absolute atomic E-state index is 0.190. The molecule has 0 unspecified atom stereocenters. The third-order valence-corrected chi connectivity index (χ3v) is 5.18. The molecule has 1 fully saturated rings. The summed E-state index contributed by atoms with van der Waals surface area (Å²) in [6.45, 7) is 5.25. The Bertz CT molecular complexity index is 526. The molecule has 0 radical (unpaired) electrons. The summed E-state index contributed by atoms with van der Waals surface area (Å²) >= 11 is 0. The van der Waals surface area contributed by atoms with Gasteiger partial charge in [0.15, 0.2) is 0 Å². The van der Waals surface area contributed by atoms with Crippen molar-refractivity contribution in [3.63, 3.8) is 0 Å². The van der Waals surface area contributed by atoms with E-state index in [-0.39, 0.29) is 6.04 Å². The molecule has 1 aliphatic rings. The van der Waals surface area contributed by atoms with Crippen molar-refractivity contribution >= 4 is 15.8 Å². The highest BCUT2D eigenvalue weighted by Crippen LogP contribution is 2.31. The van der Waals surface area contributed by atoms with Gasteiger partial charge in [-0.2, -0.15) is 4.31 Å². The third-order valence-electron chi connectivity index (χ3n) is 3.16. The third kappa shape index (κ3) is 3.25. The van der Waals surface area contributed by atoms with Gasteiger partial charge in [-0.1, -0.05) is 13.8 Å². The zero-order valence-electron chi connectivity index (χ0n) is 11.5. The van der Waals surface area contributed by atoms with Crippen LogP contribution in [0.1, 0.15) is 33.1 Å². The Morgan fingerprint density at radius 2 is 2.16 bits per heavy atom. The van der Waals surface area contributed by atoms with Crippen LogP contribution in [-0.2, 0) is 10.0 Å². The maximum absolute atomic E-state index is 12.5. The average molecular weight is 283 g/mol. The normalized spacial score (nSPS) is 15.7. The Labute approximate surface area is 115 Å². The maximum atomic E-state index is 12.5. The lowest BCUT2D eigenvalue weighted by atomic mass is 10.4. The van der Waals surface area contributed by atoms with Gasteiger partial charge in [0.2, 0.25) is 10.0 Å². The lowest BCUT2D eigenvalue weighted by molar-refractivity contribution is 0.421. The van der Waals surface area contributed by atoms with Gasteiger partial charge in [0, 0.05) is 31.4 Å². The second-order valence-corrected chi connectivity index (χ2v) is 6.63. The van der Waals surface area contributed by atoms with Gasteiger partial charge in [-0.25, -0.2) is 13.4 Å². The van der Waals surface area contributed by atoms with Crippen molar-refractivity contribution in [1.29, 1.82) is 0 Å². The predicted octanol–water partition coefficient (Wildman–Crippen LogP) is 2.08. The van der Waals surface area contributed by atoms with E-state index >= 15 is 0 Å². The van der Waals surface area contributed by atoms with Crippen LogP contribution in [0.15, 0.2) is 23.2 Å². The molecule has 0 atom stereocenters. The lowest BCUT2D eigenvalue weighted by Crippen LogP contribution is -2.32. The van der Waals surface area contributed by atoms with Crippen molar-refractivity contribution in [2.45, 2.75) is 44.0 Å². The molecule has 0 saturated heterocycles. The minimum atomic E-state index is -3.38. The van der Waals surface area contributed by atoms with Gasteiger partial charge < -0.3 is 5.32 Å². The van der Waals surface area contributed by atoms with Crippen LogP contribution in [0.25, 0.3) is 0 Å². The number of anilines is 1. The fourth-order valence-corrected chi connectivity index (χ4v) is 3.75. The van der Waals surface area contributed by atoms with Crippen molar-refractivity contribution in [2.24, 2.45) is 0 Å². The van der Waals surface area contributed by atoms with Crippen LogP contribution in [0.5, 0.6) is 0 Å². The number of rotatable bonds is 7. The number of hydrogen-bond donors (Lipinski definition) is 1. The molecule has 1 N–H and O–H groups in total. The van der Waals surface area contributed by atoms with Gasteiger partial charge in [-0.05, 0) is 25.3 Å². The first-order valence-electron chi connectivity index (χ1n) is 6.81. The fourth-order valence-electron chi connectivity index (χ4n) is 2.04. The standard InChI is InChI=1S/C13H21N3O2S/c1-3-8-14-13-10-12(7-9-15-13)19(17,18)16(4-2)11-5-6-11/h7,9-11H,3-6,8H2,1-2H3,(H,14,15). The Morgan fingerprint density at radius 1 is 1.42 bits per heavy atom. The molecule has 0 aromatic carbocycles. The zero-order chi connectivity index (χ0) is 13.9. The predicted molar refractivity (Wildman–Crippen MR) is 75.6 cm³/mol. The summed E-state index contributed by atoms with van der Waals surface area (Å²) in [6, 6.07) is 3.38. The summed E-state index contributed by atoms with van der Waals surface area (Å²) in [5.41, 5.74) is 0. The second-order valence-electron chi connectivity index (χ2n) is 4.74. The molecule has 0 spiro atoms. The van der Waals surface area contributed by atoms with E-state index in [0.29, 0.717) is 17.3 Å². The van der Waals surface area contributed by atoms with Gasteiger partial charge in [-0.15, -0.1) is 0 Å². The molecule has 0 aliphatic heterocycles. The summed E-state index contributed by atoms with van der Waals surface area (Å²) in [5, 5.41) is 3.11. The van der Waals surface area contributed by atoms with Gasteiger partial charge in [0.25, 0.3) is 0 Å². The molecule has 1 saturated carbocycles. The van der Waals surface area contributed by atoms with Crippen molar-refractivity contribution in [3.8, 4) is 0 Å². The van der Waals surface area contributed by atoms with Crippen LogP contribution >= 0.6 is 0 Å². The van der Waals surface area contributed by atoms with E-state index in [1.165, 1.54) is 0 Å². The van der Waals surface area contributed by atoms with Crippen LogP contribution in [0, 0.1) is 0 Å². The molecule has 19 heavy (non-hydrogen) atoms. The Balaban J connectivity index is 2.24. The van der Waals surface area contributed by atoms with Crippen molar-refractivity contribution in [1.82, 2.24) is 9.29 Å². The van der Waals surface area contributed by atoms with E-state index < -0.39 is 10.0 Å². The molecule has 106 valence electrons. The number of nitrogens with zero attached hydrogens (tertiary/aromatic N) is 2. The van der Waals surface area contributed by atoms with Gasteiger partial charge in [0.1, 0.15) is 5.82 Å². The number of aromatic nitrogens is 1. The summed E-state index contributed by atoms with van der Waals surface area (Å²) in [7, 11) is -3.38. The van der Waals surface area contributed by atoms with Crippen LogP contribution < -0.4 is 5.32 Å². The summed E-state index contributed by atoms with van der Waals surface area (Å²) in [6.07, 6.45) is 4.46. The Morgan fingerprint density at radius 3 is 2.74 bits per heavy atom. The lowest BCUT2D eigenvalue weighted by Gasteiger charge is -2.20. The minimum Gasteiger partial charge on any atom is -0.370 e. The molecule has 2 rings (SSSR count). The molecular formula is C13H21N3O2S. The zero-order valence-corrected chi connectivity index (χ0v) is 12.3. The largest absolute Gasteiger partial charge is 0.370 e. The topological polar surface area (TPSA) is 62.3 Å². The number of pyridine rings is 1. The summed E-state index contributed by atoms with van der Waals surface area (Å²) in [5.74, 6) is 0.620. The van der Waals surface area contributed by atoms with E-state index in [4.69, 9.17) is 0 Å². The van der Waals surface area contributed by atoms with Crippen LogP contribution in [0.4, 0.5) is 5.82 Å². The van der Waals surface area contributed by atoms with Gasteiger partial charge in [0.05, 0.1) is 4.90 Å². The molecule has 1 heterocycles. The number of sulfonamides is 1. The van der Waals surface area contributed by atoms with Crippen molar-refractivity contribution < 1.29 is 8.42 Å². The van der Waals surface area contributed by atoms with Crippen molar-refractivity contribution in [2.75, 3.05) is 18.4 Å². The van der Waals surface area contributed by atoms with E-state index in [1.54, 1.807) is 22.6 Å². The molecule has 1 aliphatic carbocycles. The van der Waals surface area contributed by atoms with Gasteiger partial charge in [-0.3, -0.25) is 0 Å². The fraction of sp³-hybridized carbons (Fsp3) is 0.615. The molecule has 0 amide bonds. The first-order chi connectivity index (χ1) is 9.09. The average Bonchev–Trinajstić information content (AvgIpc) is 3.22. The van der Waals surface area contributed by atoms with Crippen molar-refractivity contribution in [3.05, 3.63) is 18.3 Å². The molecule has 6 heteroatoms. The molecule has 1 aromatic rings. The quantitative estimate of drug-likeness (QED) is 0.832. The molecular weight excluding hydrogens is 262 g/mol. The van der Waals surface area contributed by atoms with E-state index in [9.17, 15) is 8.42 Å². The summed E-state index contributed by atoms with van der Waals surface area (Å²) in [4.78, 5) is 4.47. The van der Waals surface area contributed by atoms with Crippen LogP contribution in [0.2, 0.25) is 0 Å². The molecule has 1 aromatic heterocycles. The number of nitrogens with one attached hydrogen (secondary N) is 1. The van der Waals surface area contributed by atoms with Crippen LogP contribution in [-0.4, -0.2) is 36.8 Å². The second kappa shape index (κ2) is 5.88. The number of hydrogen-bond acceptors (Lipinski definition) is 4. The first-order valence-corrected chi connectivity index (χ1v) is 8.25. The van der Waals surface area contributed by atoms with Crippen LogP contribution in [0.3, 0.4) is 0 Å². The highest BCUT2D eigenvalue weighted by Gasteiger charge is 2.36. The summed E-state index contributed by atoms with van der Waals surface area (Å²) < 4.78 is 26.7. The van der Waals surface area contributed by atoms with Gasteiger partial charge >= 0.3 is 0 Å². The highest BCUT2D eigenvalue weighted by atomic mass is 32.2. The Kier molecular flexibility index (Phi) is 4.42. The molecule has 0 bridgehead atoms. The highest BCUT2D eigenvalue weighted by molar-refractivity contribution is 7.89. The Hall–Kier alpha value is -1.14. The monoisotopic (exact) mass is 283 g/mol. The van der Waals surface area contributed by atoms with E-state index in [1.807, 2.05) is 6.92 Å². The van der Waals surface area contributed by atoms with E-state index in [2.05, 4.69) is 17.2 Å². The maximum Gasteiger partial charge on any atom is 0.243 e. The smallest absolute Gasteiger partial charge is 0.243 e. The SMILES string of the molecule is CCCNc1cc(S(=O)(=O)N(CC)C2CC2)ccn1. The molecule has 5 nitrogen and oxygen atoms in total. The first kappa shape index (κ1) is 14.3. The van der Waals surface area contributed by atoms with E-state index in [0.717, 1.165) is 25.8 Å².